The Labute approximate surface area is 158 Å². The molecule has 5 nitrogen and oxygen atoms in total. The van der Waals surface area contributed by atoms with Crippen molar-refractivity contribution >= 4 is 0 Å². The molecule has 1 aliphatic heterocycles. The lowest BCUT2D eigenvalue weighted by atomic mass is 9.66. The van der Waals surface area contributed by atoms with E-state index < -0.39 is 11.4 Å². The van der Waals surface area contributed by atoms with Crippen LogP contribution in [0.25, 0.3) is 11.3 Å². The molecule has 2 aliphatic rings. The molecule has 1 aliphatic carbocycles. The monoisotopic (exact) mass is 371 g/mol. The molecule has 6 heteroatoms. The largest absolute Gasteiger partial charge is 0.387 e. The molecule has 1 N–H and O–H groups in total. The summed E-state index contributed by atoms with van der Waals surface area (Å²) in [7, 11) is 2.09. The predicted octanol–water partition coefficient (Wildman–Crippen LogP) is 2.68. The van der Waals surface area contributed by atoms with Crippen LogP contribution in [0.2, 0.25) is 0 Å². The van der Waals surface area contributed by atoms with E-state index in [0.29, 0.717) is 17.7 Å². The van der Waals surface area contributed by atoms with Gasteiger partial charge < -0.3 is 10.0 Å². The highest BCUT2D eigenvalue weighted by Gasteiger charge is 2.54. The van der Waals surface area contributed by atoms with Gasteiger partial charge in [0, 0.05) is 30.1 Å². The number of halogens is 1. The van der Waals surface area contributed by atoms with Crippen molar-refractivity contribution in [2.45, 2.75) is 44.2 Å². The Morgan fingerprint density at radius 1 is 1.22 bits per heavy atom. The Hall–Kier alpha value is -2.05. The van der Waals surface area contributed by atoms with Crippen LogP contribution in [0.1, 0.15) is 32.1 Å². The van der Waals surface area contributed by atoms with Gasteiger partial charge in [-0.15, -0.1) is 0 Å². The highest BCUT2D eigenvalue weighted by Crippen LogP contribution is 2.51. The van der Waals surface area contributed by atoms with Gasteiger partial charge in [0.1, 0.15) is 5.82 Å². The number of hydrogen-bond donors (Lipinski definition) is 1. The summed E-state index contributed by atoms with van der Waals surface area (Å²) >= 11 is 0. The normalized spacial score (nSPS) is 25.1. The van der Waals surface area contributed by atoms with Crippen LogP contribution in [0.5, 0.6) is 0 Å². The molecule has 1 atom stereocenters. The zero-order valence-electron chi connectivity index (χ0n) is 15.7. The third-order valence-corrected chi connectivity index (χ3v) is 6.49. The second-order valence-corrected chi connectivity index (χ2v) is 8.23. The molecule has 1 aromatic heterocycles. The maximum absolute atomic E-state index is 14.0. The zero-order valence-corrected chi connectivity index (χ0v) is 15.7. The van der Waals surface area contributed by atoms with E-state index in [1.54, 1.807) is 18.2 Å². The van der Waals surface area contributed by atoms with E-state index in [9.17, 15) is 14.3 Å². The highest BCUT2D eigenvalue weighted by molar-refractivity contribution is 5.58. The van der Waals surface area contributed by atoms with Crippen molar-refractivity contribution in [3.05, 3.63) is 52.8 Å². The molecular weight excluding hydrogens is 345 g/mol. The van der Waals surface area contributed by atoms with Crippen molar-refractivity contribution in [2.24, 2.45) is 5.41 Å². The van der Waals surface area contributed by atoms with E-state index >= 15 is 0 Å². The molecule has 27 heavy (non-hydrogen) atoms. The number of benzene rings is 1. The number of piperidine rings is 1. The fourth-order valence-electron chi connectivity index (χ4n) is 4.95. The summed E-state index contributed by atoms with van der Waals surface area (Å²) in [4.78, 5) is 19.3. The van der Waals surface area contributed by atoms with E-state index in [-0.39, 0.29) is 17.5 Å². The molecule has 1 aromatic carbocycles. The number of hydrogen-bond acceptors (Lipinski definition) is 4. The van der Waals surface area contributed by atoms with Crippen LogP contribution in [0, 0.1) is 11.2 Å². The van der Waals surface area contributed by atoms with Crippen molar-refractivity contribution in [1.29, 1.82) is 0 Å². The lowest BCUT2D eigenvalue weighted by Crippen LogP contribution is -2.60. The van der Waals surface area contributed by atoms with Crippen molar-refractivity contribution < 1.29 is 9.50 Å². The Morgan fingerprint density at radius 3 is 2.67 bits per heavy atom. The topological polar surface area (TPSA) is 58.4 Å². The maximum Gasteiger partial charge on any atom is 0.253 e. The lowest BCUT2D eigenvalue weighted by Gasteiger charge is -2.51. The molecule has 2 heterocycles. The summed E-state index contributed by atoms with van der Waals surface area (Å²) in [6.07, 6.45) is 6.31. The van der Waals surface area contributed by atoms with Gasteiger partial charge in [-0.25, -0.2) is 9.37 Å². The van der Waals surface area contributed by atoms with Gasteiger partial charge in [-0.3, -0.25) is 9.36 Å². The van der Waals surface area contributed by atoms with Crippen molar-refractivity contribution in [1.82, 2.24) is 14.5 Å². The van der Waals surface area contributed by atoms with Gasteiger partial charge in [0.2, 0.25) is 0 Å². The van der Waals surface area contributed by atoms with E-state index in [4.69, 9.17) is 0 Å². The summed E-state index contributed by atoms with van der Waals surface area (Å²) in [5, 5.41) is 11.6. The minimum absolute atomic E-state index is 0.163. The summed E-state index contributed by atoms with van der Waals surface area (Å²) < 4.78 is 15.5. The van der Waals surface area contributed by atoms with Gasteiger partial charge in [0.15, 0.2) is 0 Å². The fraction of sp³-hybridized carbons (Fsp3) is 0.524. The standard InChI is InChI=1S/C21H26FN3O2/c1-24-11-10-21(27,20(13-24)8-4-5-9-20)14-25-15-23-18(12-19(25)26)16-6-2-3-7-17(16)22/h2-3,6-7,12,15,27H,4-5,8-11,13-14H2,1H3. The van der Waals surface area contributed by atoms with Crippen LogP contribution < -0.4 is 5.56 Å². The Kier molecular flexibility index (Phi) is 4.64. The number of aromatic nitrogens is 2. The van der Waals surface area contributed by atoms with Gasteiger partial charge in [0.25, 0.3) is 5.56 Å². The van der Waals surface area contributed by atoms with Gasteiger partial charge in [-0.2, -0.15) is 0 Å². The summed E-state index contributed by atoms with van der Waals surface area (Å²) in [5.41, 5.74) is -0.707. The minimum atomic E-state index is -0.916. The summed E-state index contributed by atoms with van der Waals surface area (Å²) in [6.45, 7) is 1.91. The SMILES string of the molecule is CN1CCC(O)(Cn2cnc(-c3ccccc3F)cc2=O)C2(CCCC2)C1. The van der Waals surface area contributed by atoms with E-state index in [0.717, 1.165) is 38.8 Å². The minimum Gasteiger partial charge on any atom is -0.387 e. The van der Waals surface area contributed by atoms with Crippen LogP contribution >= 0.6 is 0 Å². The molecular formula is C21H26FN3O2. The van der Waals surface area contributed by atoms with Crippen molar-refractivity contribution in [3.8, 4) is 11.3 Å². The molecule has 0 bridgehead atoms. The Balaban J connectivity index is 1.64. The summed E-state index contributed by atoms with van der Waals surface area (Å²) in [6, 6.07) is 7.65. The fourth-order valence-corrected chi connectivity index (χ4v) is 4.95. The average molecular weight is 371 g/mol. The number of likely N-dealkylation sites (tertiary alicyclic amines) is 1. The first-order valence-electron chi connectivity index (χ1n) is 9.65. The maximum atomic E-state index is 14.0. The summed E-state index contributed by atoms with van der Waals surface area (Å²) in [5.74, 6) is -0.402. The van der Waals surface area contributed by atoms with Gasteiger partial charge in [0.05, 0.1) is 24.2 Å². The third kappa shape index (κ3) is 3.21. The molecule has 4 rings (SSSR count). The van der Waals surface area contributed by atoms with Crippen LogP contribution in [0.3, 0.4) is 0 Å². The molecule has 2 aromatic rings. The van der Waals surface area contributed by atoms with E-state index in [1.807, 2.05) is 0 Å². The molecule has 1 spiro atoms. The number of nitrogens with zero attached hydrogens (tertiary/aromatic N) is 3. The van der Waals surface area contributed by atoms with Crippen LogP contribution in [0.4, 0.5) is 4.39 Å². The smallest absolute Gasteiger partial charge is 0.253 e. The van der Waals surface area contributed by atoms with Crippen molar-refractivity contribution in [3.63, 3.8) is 0 Å². The molecule has 144 valence electrons. The highest BCUT2D eigenvalue weighted by atomic mass is 19.1. The second kappa shape index (κ2) is 6.84. The second-order valence-electron chi connectivity index (χ2n) is 8.23. The van der Waals surface area contributed by atoms with Crippen LogP contribution in [-0.2, 0) is 6.54 Å². The molecule has 2 fully saturated rings. The van der Waals surface area contributed by atoms with E-state index in [1.165, 1.54) is 23.0 Å². The van der Waals surface area contributed by atoms with Gasteiger partial charge >= 0.3 is 0 Å². The van der Waals surface area contributed by atoms with Gasteiger partial charge in [-0.1, -0.05) is 25.0 Å². The van der Waals surface area contributed by atoms with Gasteiger partial charge in [-0.05, 0) is 38.4 Å². The Bertz CT molecular complexity index is 891. The van der Waals surface area contributed by atoms with Crippen LogP contribution in [-0.4, -0.2) is 45.3 Å². The molecule has 0 radical (unpaired) electrons. The number of aliphatic hydroxyl groups is 1. The molecule has 1 saturated carbocycles. The zero-order chi connectivity index (χ0) is 19.1. The first kappa shape index (κ1) is 18.3. The lowest BCUT2D eigenvalue weighted by molar-refractivity contribution is -0.139. The van der Waals surface area contributed by atoms with Crippen LogP contribution in [0.15, 0.2) is 41.5 Å². The molecule has 1 saturated heterocycles. The third-order valence-electron chi connectivity index (χ3n) is 6.49. The molecule has 1 unspecified atom stereocenters. The predicted molar refractivity (Wildman–Crippen MR) is 102 cm³/mol. The quantitative estimate of drug-likeness (QED) is 0.901. The first-order chi connectivity index (χ1) is 12.9. The molecule has 0 amide bonds. The number of rotatable bonds is 3. The van der Waals surface area contributed by atoms with Crippen molar-refractivity contribution in [2.75, 3.05) is 20.1 Å². The first-order valence-corrected chi connectivity index (χ1v) is 9.65. The average Bonchev–Trinajstić information content (AvgIpc) is 3.11. The Morgan fingerprint density at radius 2 is 1.96 bits per heavy atom. The van der Waals surface area contributed by atoms with E-state index in [2.05, 4.69) is 16.9 Å².